The highest BCUT2D eigenvalue weighted by Gasteiger charge is 2.33. The highest BCUT2D eigenvalue weighted by Crippen LogP contribution is 2.37. The van der Waals surface area contributed by atoms with Crippen LogP contribution < -0.4 is 5.32 Å². The molecule has 0 amide bonds. The van der Waals surface area contributed by atoms with Crippen molar-refractivity contribution in [3.8, 4) is 0 Å². The van der Waals surface area contributed by atoms with E-state index in [4.69, 9.17) is 0 Å². The Morgan fingerprint density at radius 1 is 1.35 bits per heavy atom. The normalized spacial score (nSPS) is 28.6. The van der Waals surface area contributed by atoms with Crippen molar-refractivity contribution in [1.82, 2.24) is 5.32 Å². The van der Waals surface area contributed by atoms with Crippen LogP contribution in [0.2, 0.25) is 0 Å². The summed E-state index contributed by atoms with van der Waals surface area (Å²) in [7, 11) is 0. The number of aliphatic carboxylic acids is 1. The molecular formula is C16H20BrNO2. The topological polar surface area (TPSA) is 49.3 Å². The Labute approximate surface area is 127 Å². The van der Waals surface area contributed by atoms with Gasteiger partial charge >= 0.3 is 5.97 Å². The maximum absolute atomic E-state index is 11.2. The van der Waals surface area contributed by atoms with E-state index >= 15 is 0 Å². The lowest BCUT2D eigenvalue weighted by Crippen LogP contribution is -2.30. The average Bonchev–Trinajstić information content (AvgIpc) is 3.03. The molecule has 0 heterocycles. The molecule has 4 heteroatoms. The van der Waals surface area contributed by atoms with E-state index < -0.39 is 5.97 Å². The molecule has 1 aromatic rings. The fourth-order valence-electron chi connectivity index (χ4n) is 3.72. The van der Waals surface area contributed by atoms with Crippen molar-refractivity contribution in [3.63, 3.8) is 0 Å². The van der Waals surface area contributed by atoms with Gasteiger partial charge in [-0.15, -0.1) is 0 Å². The first-order valence-electron chi connectivity index (χ1n) is 7.40. The van der Waals surface area contributed by atoms with Gasteiger partial charge in [-0.05, 0) is 55.3 Å². The molecule has 20 heavy (non-hydrogen) atoms. The zero-order valence-corrected chi connectivity index (χ0v) is 13.0. The number of carboxylic acids is 1. The van der Waals surface area contributed by atoms with Crippen LogP contribution in [0.15, 0.2) is 22.7 Å². The van der Waals surface area contributed by atoms with E-state index in [0.29, 0.717) is 12.0 Å². The highest BCUT2D eigenvalue weighted by atomic mass is 79.9. The Morgan fingerprint density at radius 2 is 2.20 bits per heavy atom. The maximum atomic E-state index is 11.2. The van der Waals surface area contributed by atoms with Crippen molar-refractivity contribution < 1.29 is 9.90 Å². The molecule has 0 spiro atoms. The van der Waals surface area contributed by atoms with Gasteiger partial charge in [0.1, 0.15) is 0 Å². The first kappa shape index (κ1) is 14.1. The average molecular weight is 338 g/mol. The third-order valence-electron chi connectivity index (χ3n) is 4.82. The summed E-state index contributed by atoms with van der Waals surface area (Å²) in [5.74, 6) is -0.474. The van der Waals surface area contributed by atoms with E-state index in [-0.39, 0.29) is 5.92 Å². The zero-order chi connectivity index (χ0) is 14.1. The van der Waals surface area contributed by atoms with Gasteiger partial charge in [0.15, 0.2) is 0 Å². The molecule has 2 aliphatic rings. The van der Waals surface area contributed by atoms with Crippen LogP contribution in [0.1, 0.15) is 42.9 Å². The van der Waals surface area contributed by atoms with Gasteiger partial charge in [-0.1, -0.05) is 34.5 Å². The monoisotopic (exact) mass is 337 g/mol. The molecule has 3 nitrogen and oxygen atoms in total. The lowest BCUT2D eigenvalue weighted by molar-refractivity contribution is -0.142. The Bertz CT molecular complexity index is 517. The number of benzene rings is 1. The Balaban J connectivity index is 1.64. The molecule has 3 atom stereocenters. The van der Waals surface area contributed by atoms with Crippen molar-refractivity contribution in [1.29, 1.82) is 0 Å². The number of nitrogens with one attached hydrogen (secondary N) is 1. The fraction of sp³-hybridized carbons (Fsp3) is 0.562. The summed E-state index contributed by atoms with van der Waals surface area (Å²) in [6.07, 6.45) is 5.15. The molecule has 2 aliphatic carbocycles. The lowest BCUT2D eigenvalue weighted by Gasteiger charge is -2.20. The predicted octanol–water partition coefficient (Wildman–Crippen LogP) is 3.53. The van der Waals surface area contributed by atoms with Crippen LogP contribution in [0.5, 0.6) is 0 Å². The minimum Gasteiger partial charge on any atom is -0.481 e. The van der Waals surface area contributed by atoms with Gasteiger partial charge in [0.25, 0.3) is 0 Å². The fourth-order valence-corrected chi connectivity index (χ4v) is 4.30. The molecule has 3 unspecified atom stereocenters. The number of fused-ring (bicyclic) bond motifs is 1. The van der Waals surface area contributed by atoms with Gasteiger partial charge in [-0.3, -0.25) is 4.79 Å². The molecule has 1 fully saturated rings. The van der Waals surface area contributed by atoms with Gasteiger partial charge in [-0.25, -0.2) is 0 Å². The van der Waals surface area contributed by atoms with E-state index in [2.05, 4.69) is 39.4 Å². The standard InChI is InChI=1S/C16H20BrNO2/c17-14-6-2-5-13-12(14)7-8-15(13)18-9-10-3-1-4-11(10)16(19)20/h2,5-6,10-11,15,18H,1,3-4,7-9H2,(H,19,20). The zero-order valence-electron chi connectivity index (χ0n) is 11.4. The molecule has 1 saturated carbocycles. The molecule has 1 aromatic carbocycles. The number of hydrogen-bond acceptors (Lipinski definition) is 2. The highest BCUT2D eigenvalue weighted by molar-refractivity contribution is 9.10. The van der Waals surface area contributed by atoms with Crippen molar-refractivity contribution >= 4 is 21.9 Å². The number of carbonyl (C=O) groups is 1. The minimum atomic E-state index is -0.621. The van der Waals surface area contributed by atoms with Crippen molar-refractivity contribution in [2.75, 3.05) is 6.54 Å². The van der Waals surface area contributed by atoms with Crippen LogP contribution in [0.4, 0.5) is 0 Å². The number of carboxylic acid groups (broad SMARTS) is 1. The Hall–Kier alpha value is -0.870. The summed E-state index contributed by atoms with van der Waals surface area (Å²) in [6.45, 7) is 0.827. The van der Waals surface area contributed by atoms with Crippen LogP contribution >= 0.6 is 15.9 Å². The number of rotatable bonds is 4. The molecule has 0 bridgehead atoms. The SMILES string of the molecule is O=C(O)C1CCCC1CNC1CCc2c(Br)cccc21. The van der Waals surface area contributed by atoms with Crippen LogP contribution in [0.3, 0.4) is 0 Å². The first-order chi connectivity index (χ1) is 9.66. The Kier molecular flexibility index (Phi) is 4.13. The van der Waals surface area contributed by atoms with Crippen LogP contribution in [0.25, 0.3) is 0 Å². The first-order valence-corrected chi connectivity index (χ1v) is 8.19. The summed E-state index contributed by atoms with van der Waals surface area (Å²) in [4.78, 5) is 11.2. The predicted molar refractivity (Wildman–Crippen MR) is 81.7 cm³/mol. The maximum Gasteiger partial charge on any atom is 0.306 e. The summed E-state index contributed by atoms with van der Waals surface area (Å²) in [6, 6.07) is 6.75. The largest absolute Gasteiger partial charge is 0.481 e. The van der Waals surface area contributed by atoms with Gasteiger partial charge in [0.2, 0.25) is 0 Å². The molecule has 3 rings (SSSR count). The van der Waals surface area contributed by atoms with Crippen LogP contribution in [0, 0.1) is 11.8 Å². The second-order valence-electron chi connectivity index (χ2n) is 5.94. The number of hydrogen-bond donors (Lipinski definition) is 2. The van der Waals surface area contributed by atoms with Gasteiger partial charge in [0, 0.05) is 10.5 Å². The summed E-state index contributed by atoms with van der Waals surface area (Å²) in [5, 5.41) is 12.8. The van der Waals surface area contributed by atoms with Crippen LogP contribution in [-0.2, 0) is 11.2 Å². The van der Waals surface area contributed by atoms with E-state index in [0.717, 1.165) is 38.6 Å². The van der Waals surface area contributed by atoms with Gasteiger partial charge < -0.3 is 10.4 Å². The van der Waals surface area contributed by atoms with Crippen LogP contribution in [-0.4, -0.2) is 17.6 Å². The summed E-state index contributed by atoms with van der Waals surface area (Å²) in [5.41, 5.74) is 2.79. The van der Waals surface area contributed by atoms with Gasteiger partial charge in [-0.2, -0.15) is 0 Å². The van der Waals surface area contributed by atoms with E-state index in [1.54, 1.807) is 0 Å². The van der Waals surface area contributed by atoms with Crippen molar-refractivity contribution in [2.45, 2.75) is 38.1 Å². The molecule has 0 radical (unpaired) electrons. The summed E-state index contributed by atoms with van der Waals surface area (Å²) < 4.78 is 1.20. The Morgan fingerprint density at radius 3 is 3.00 bits per heavy atom. The third kappa shape index (κ3) is 2.63. The molecule has 0 aliphatic heterocycles. The van der Waals surface area contributed by atoms with Crippen molar-refractivity contribution in [2.24, 2.45) is 11.8 Å². The quantitative estimate of drug-likeness (QED) is 0.883. The van der Waals surface area contributed by atoms with E-state index in [1.807, 2.05) is 0 Å². The second-order valence-corrected chi connectivity index (χ2v) is 6.80. The second kappa shape index (κ2) is 5.86. The molecule has 0 saturated heterocycles. The molecular weight excluding hydrogens is 318 g/mol. The molecule has 108 valence electrons. The van der Waals surface area contributed by atoms with E-state index in [1.165, 1.54) is 15.6 Å². The summed E-state index contributed by atoms with van der Waals surface area (Å²) >= 11 is 3.62. The smallest absolute Gasteiger partial charge is 0.306 e. The van der Waals surface area contributed by atoms with Crippen molar-refractivity contribution in [3.05, 3.63) is 33.8 Å². The third-order valence-corrected chi connectivity index (χ3v) is 5.56. The van der Waals surface area contributed by atoms with Gasteiger partial charge in [0.05, 0.1) is 5.92 Å². The number of halogens is 1. The molecule has 0 aromatic heterocycles. The molecule has 2 N–H and O–H groups in total. The van der Waals surface area contributed by atoms with E-state index in [9.17, 15) is 9.90 Å². The lowest BCUT2D eigenvalue weighted by atomic mass is 9.95. The minimum absolute atomic E-state index is 0.147.